The number of hydrogen-bond donors (Lipinski definition) is 3. The number of sulfonamides is 1. The Bertz CT molecular complexity index is 570. The van der Waals surface area contributed by atoms with E-state index >= 15 is 0 Å². The SMILES string of the molecule is CCn1cc(S(=O)(=O)NC2CCC(=O)NC2)c(N)n1. The predicted octanol–water partition coefficient (Wildman–Crippen LogP) is -0.958. The third-order valence-electron chi connectivity index (χ3n) is 2.96. The van der Waals surface area contributed by atoms with Gasteiger partial charge in [-0.25, -0.2) is 13.1 Å². The maximum atomic E-state index is 12.2. The molecule has 1 amide bonds. The van der Waals surface area contributed by atoms with Crippen molar-refractivity contribution in [3.8, 4) is 0 Å². The quantitative estimate of drug-likeness (QED) is 0.659. The van der Waals surface area contributed by atoms with Crippen LogP contribution in [-0.2, 0) is 21.4 Å². The molecule has 0 spiro atoms. The molecule has 106 valence electrons. The van der Waals surface area contributed by atoms with Gasteiger partial charge in [-0.1, -0.05) is 0 Å². The zero-order chi connectivity index (χ0) is 14.0. The first kappa shape index (κ1) is 13.8. The van der Waals surface area contributed by atoms with E-state index in [1.165, 1.54) is 10.9 Å². The molecule has 2 rings (SSSR count). The van der Waals surface area contributed by atoms with E-state index in [0.29, 0.717) is 25.9 Å². The molecular formula is C10H17N5O3S. The fourth-order valence-corrected chi connectivity index (χ4v) is 3.25. The van der Waals surface area contributed by atoms with E-state index in [0.717, 1.165) is 0 Å². The van der Waals surface area contributed by atoms with Crippen LogP contribution in [0.25, 0.3) is 0 Å². The first-order valence-electron chi connectivity index (χ1n) is 6.04. The van der Waals surface area contributed by atoms with Gasteiger partial charge in [-0.15, -0.1) is 0 Å². The average molecular weight is 287 g/mol. The van der Waals surface area contributed by atoms with Gasteiger partial charge in [0.15, 0.2) is 5.82 Å². The van der Waals surface area contributed by atoms with Crippen LogP contribution in [-0.4, -0.2) is 36.7 Å². The highest BCUT2D eigenvalue weighted by Crippen LogP contribution is 2.17. The van der Waals surface area contributed by atoms with Crippen molar-refractivity contribution in [2.24, 2.45) is 0 Å². The van der Waals surface area contributed by atoms with Crippen LogP contribution in [0.1, 0.15) is 19.8 Å². The van der Waals surface area contributed by atoms with E-state index in [9.17, 15) is 13.2 Å². The van der Waals surface area contributed by atoms with Crippen molar-refractivity contribution >= 4 is 21.7 Å². The van der Waals surface area contributed by atoms with E-state index in [4.69, 9.17) is 5.73 Å². The summed E-state index contributed by atoms with van der Waals surface area (Å²) in [4.78, 5) is 11.0. The lowest BCUT2D eigenvalue weighted by Crippen LogP contribution is -2.47. The van der Waals surface area contributed by atoms with Crippen molar-refractivity contribution in [1.29, 1.82) is 0 Å². The number of aromatic nitrogens is 2. The molecule has 0 aliphatic carbocycles. The van der Waals surface area contributed by atoms with Gasteiger partial charge in [-0.05, 0) is 13.3 Å². The molecule has 1 aromatic rings. The monoisotopic (exact) mass is 287 g/mol. The highest BCUT2D eigenvalue weighted by molar-refractivity contribution is 7.89. The first-order chi connectivity index (χ1) is 8.92. The van der Waals surface area contributed by atoms with E-state index in [2.05, 4.69) is 15.1 Å². The highest BCUT2D eigenvalue weighted by atomic mass is 32.2. The number of aryl methyl sites for hydroxylation is 1. The normalized spacial score (nSPS) is 20.3. The summed E-state index contributed by atoms with van der Waals surface area (Å²) in [5.41, 5.74) is 5.61. The van der Waals surface area contributed by atoms with Crippen molar-refractivity contribution in [2.75, 3.05) is 12.3 Å². The van der Waals surface area contributed by atoms with Crippen molar-refractivity contribution in [3.63, 3.8) is 0 Å². The summed E-state index contributed by atoms with van der Waals surface area (Å²) in [6.45, 7) is 2.67. The van der Waals surface area contributed by atoms with Crippen molar-refractivity contribution in [1.82, 2.24) is 19.8 Å². The minimum absolute atomic E-state index is 0.0193. The van der Waals surface area contributed by atoms with Crippen LogP contribution in [0, 0.1) is 0 Å². The van der Waals surface area contributed by atoms with Gasteiger partial charge in [-0.3, -0.25) is 9.48 Å². The second kappa shape index (κ2) is 5.17. The van der Waals surface area contributed by atoms with Gasteiger partial charge >= 0.3 is 0 Å². The first-order valence-corrected chi connectivity index (χ1v) is 7.52. The molecule has 0 radical (unpaired) electrons. The van der Waals surface area contributed by atoms with Gasteiger partial charge in [0.1, 0.15) is 4.90 Å². The summed E-state index contributed by atoms with van der Waals surface area (Å²) in [5.74, 6) is -0.0806. The highest BCUT2D eigenvalue weighted by Gasteiger charge is 2.27. The van der Waals surface area contributed by atoms with E-state index in [-0.39, 0.29) is 22.7 Å². The van der Waals surface area contributed by atoms with E-state index in [1.807, 2.05) is 6.92 Å². The lowest BCUT2D eigenvalue weighted by Gasteiger charge is -2.22. The average Bonchev–Trinajstić information content (AvgIpc) is 2.74. The predicted molar refractivity (Wildman–Crippen MR) is 68.7 cm³/mol. The summed E-state index contributed by atoms with van der Waals surface area (Å²) < 4.78 is 28.3. The Morgan fingerprint density at radius 3 is 2.89 bits per heavy atom. The number of nitrogens with one attached hydrogen (secondary N) is 2. The molecule has 9 heteroatoms. The summed E-state index contributed by atoms with van der Waals surface area (Å²) in [6.07, 6.45) is 2.20. The number of nitrogens with zero attached hydrogens (tertiary/aromatic N) is 2. The Balaban J connectivity index is 2.13. The zero-order valence-electron chi connectivity index (χ0n) is 10.6. The number of anilines is 1. The van der Waals surface area contributed by atoms with Crippen LogP contribution in [0.4, 0.5) is 5.82 Å². The Morgan fingerprint density at radius 1 is 1.63 bits per heavy atom. The van der Waals surface area contributed by atoms with E-state index < -0.39 is 10.0 Å². The Labute approximate surface area is 111 Å². The van der Waals surface area contributed by atoms with Crippen molar-refractivity contribution in [3.05, 3.63) is 6.20 Å². The minimum atomic E-state index is -3.71. The van der Waals surface area contributed by atoms with Gasteiger partial charge in [0.2, 0.25) is 15.9 Å². The lowest BCUT2D eigenvalue weighted by molar-refractivity contribution is -0.122. The number of nitrogen functional groups attached to an aromatic ring is 1. The molecule has 1 aromatic heterocycles. The van der Waals surface area contributed by atoms with Crippen LogP contribution >= 0.6 is 0 Å². The molecule has 8 nitrogen and oxygen atoms in total. The number of amides is 1. The summed E-state index contributed by atoms with van der Waals surface area (Å²) in [6, 6.07) is -0.313. The van der Waals surface area contributed by atoms with Crippen molar-refractivity contribution < 1.29 is 13.2 Å². The molecule has 1 fully saturated rings. The molecular weight excluding hydrogens is 270 g/mol. The lowest BCUT2D eigenvalue weighted by atomic mass is 10.1. The van der Waals surface area contributed by atoms with Crippen LogP contribution in [0.2, 0.25) is 0 Å². The Kier molecular flexibility index (Phi) is 3.76. The van der Waals surface area contributed by atoms with Crippen LogP contribution in [0.5, 0.6) is 0 Å². The fraction of sp³-hybridized carbons (Fsp3) is 0.600. The summed E-state index contributed by atoms with van der Waals surface area (Å²) >= 11 is 0. The molecule has 1 aliphatic rings. The third kappa shape index (κ3) is 3.04. The van der Waals surface area contributed by atoms with Gasteiger partial charge in [0.25, 0.3) is 0 Å². The second-order valence-corrected chi connectivity index (χ2v) is 6.08. The smallest absolute Gasteiger partial charge is 0.246 e. The second-order valence-electron chi connectivity index (χ2n) is 4.40. The molecule has 1 saturated heterocycles. The topological polar surface area (TPSA) is 119 Å². The molecule has 1 aliphatic heterocycles. The number of hydrogen-bond acceptors (Lipinski definition) is 5. The van der Waals surface area contributed by atoms with E-state index in [1.54, 1.807) is 0 Å². The third-order valence-corrected chi connectivity index (χ3v) is 4.49. The van der Waals surface area contributed by atoms with Gasteiger partial charge in [0, 0.05) is 31.7 Å². The molecule has 2 heterocycles. The minimum Gasteiger partial charge on any atom is -0.381 e. The van der Waals surface area contributed by atoms with Gasteiger partial charge in [0.05, 0.1) is 0 Å². The van der Waals surface area contributed by atoms with Gasteiger partial charge in [-0.2, -0.15) is 5.10 Å². The largest absolute Gasteiger partial charge is 0.381 e. The Hall–Kier alpha value is -1.61. The number of carbonyl (C=O) groups excluding carboxylic acids is 1. The standard InChI is InChI=1S/C10H17N5O3S/c1-2-15-6-8(10(11)13-15)19(17,18)14-7-3-4-9(16)12-5-7/h6-7,14H,2-5H2,1H3,(H2,11,13)(H,12,16). The zero-order valence-corrected chi connectivity index (χ0v) is 11.4. The molecule has 1 atom stereocenters. The maximum Gasteiger partial charge on any atom is 0.246 e. The molecule has 0 saturated carbocycles. The van der Waals surface area contributed by atoms with Crippen LogP contribution in [0.15, 0.2) is 11.1 Å². The number of carbonyl (C=O) groups is 1. The molecule has 4 N–H and O–H groups in total. The fourth-order valence-electron chi connectivity index (χ4n) is 1.90. The summed E-state index contributed by atoms with van der Waals surface area (Å²) in [7, 11) is -3.71. The molecule has 0 aromatic carbocycles. The molecule has 1 unspecified atom stereocenters. The maximum absolute atomic E-state index is 12.2. The van der Waals surface area contributed by atoms with Crippen LogP contribution in [0.3, 0.4) is 0 Å². The number of nitrogens with two attached hydrogens (primary N) is 1. The molecule has 19 heavy (non-hydrogen) atoms. The van der Waals surface area contributed by atoms with Gasteiger partial charge < -0.3 is 11.1 Å². The van der Waals surface area contributed by atoms with Crippen LogP contribution < -0.4 is 15.8 Å². The summed E-state index contributed by atoms with van der Waals surface area (Å²) in [5, 5.41) is 6.53. The van der Waals surface area contributed by atoms with Crippen molar-refractivity contribution in [2.45, 2.75) is 37.2 Å². The number of rotatable bonds is 4. The number of piperidine rings is 1. The Morgan fingerprint density at radius 2 is 2.37 bits per heavy atom. The molecule has 0 bridgehead atoms.